The molecule has 0 fully saturated rings. The molecule has 90 valence electrons. The lowest BCUT2D eigenvalue weighted by atomic mass is 10.1. The van der Waals surface area contributed by atoms with Crippen molar-refractivity contribution in [2.45, 2.75) is 32.1 Å². The molecule has 0 saturated heterocycles. The molecule has 0 aliphatic rings. The largest absolute Gasteiger partial charge is 0.325 e. The molecule has 4 heteroatoms. The minimum atomic E-state index is -3.13. The van der Waals surface area contributed by atoms with Crippen molar-refractivity contribution in [3.63, 3.8) is 0 Å². The number of benzene rings is 1. The fourth-order valence-electron chi connectivity index (χ4n) is 1.56. The standard InChI is InChI=1S/C12H19NO2S/c1-10-4-6-11(7-5-10)8-16(14,15)9-12(2,3)13/h4-7H,8-9,13H2,1-3H3. The summed E-state index contributed by atoms with van der Waals surface area (Å²) in [5, 5.41) is 0. The summed E-state index contributed by atoms with van der Waals surface area (Å²) in [5.41, 5.74) is 6.98. The van der Waals surface area contributed by atoms with E-state index in [1.54, 1.807) is 13.8 Å². The van der Waals surface area contributed by atoms with Crippen LogP contribution in [0.5, 0.6) is 0 Å². The zero-order valence-electron chi connectivity index (χ0n) is 10.0. The highest BCUT2D eigenvalue weighted by atomic mass is 32.2. The Morgan fingerprint density at radius 2 is 1.69 bits per heavy atom. The number of aryl methyl sites for hydroxylation is 1. The summed E-state index contributed by atoms with van der Waals surface area (Å²) in [6, 6.07) is 7.52. The molecule has 0 saturated carbocycles. The van der Waals surface area contributed by atoms with Gasteiger partial charge in [-0.25, -0.2) is 8.42 Å². The van der Waals surface area contributed by atoms with Gasteiger partial charge in [0.05, 0.1) is 11.5 Å². The first-order valence-corrected chi connectivity index (χ1v) is 7.05. The van der Waals surface area contributed by atoms with Crippen LogP contribution in [0.4, 0.5) is 0 Å². The predicted octanol–water partition coefficient (Wildman–Crippen LogP) is 1.65. The third-order valence-electron chi connectivity index (χ3n) is 2.10. The molecule has 1 rings (SSSR count). The fraction of sp³-hybridized carbons (Fsp3) is 0.500. The van der Waals surface area contributed by atoms with Crippen molar-refractivity contribution in [1.82, 2.24) is 0 Å². The van der Waals surface area contributed by atoms with Crippen molar-refractivity contribution in [1.29, 1.82) is 0 Å². The quantitative estimate of drug-likeness (QED) is 0.872. The third kappa shape index (κ3) is 4.77. The number of sulfone groups is 1. The van der Waals surface area contributed by atoms with Gasteiger partial charge in [0, 0.05) is 5.54 Å². The van der Waals surface area contributed by atoms with Crippen LogP contribution in [-0.2, 0) is 15.6 Å². The smallest absolute Gasteiger partial charge is 0.156 e. The van der Waals surface area contributed by atoms with E-state index >= 15 is 0 Å². The number of hydrogen-bond acceptors (Lipinski definition) is 3. The van der Waals surface area contributed by atoms with E-state index in [0.717, 1.165) is 11.1 Å². The molecular weight excluding hydrogens is 222 g/mol. The second-order valence-corrected chi connectivity index (χ2v) is 7.07. The lowest BCUT2D eigenvalue weighted by molar-refractivity contribution is 0.544. The van der Waals surface area contributed by atoms with Gasteiger partial charge in [-0.3, -0.25) is 0 Å². The maximum Gasteiger partial charge on any atom is 0.156 e. The summed E-state index contributed by atoms with van der Waals surface area (Å²) in [7, 11) is -3.13. The van der Waals surface area contributed by atoms with Crippen molar-refractivity contribution >= 4 is 9.84 Å². The molecule has 0 bridgehead atoms. The second-order valence-electron chi connectivity index (χ2n) is 5.01. The third-order valence-corrected chi connectivity index (χ3v) is 4.06. The monoisotopic (exact) mass is 241 g/mol. The summed E-state index contributed by atoms with van der Waals surface area (Å²) in [4.78, 5) is 0. The minimum Gasteiger partial charge on any atom is -0.325 e. The fourth-order valence-corrected chi connectivity index (χ4v) is 3.49. The van der Waals surface area contributed by atoms with Gasteiger partial charge >= 0.3 is 0 Å². The molecule has 0 unspecified atom stereocenters. The Morgan fingerprint density at radius 3 is 2.12 bits per heavy atom. The van der Waals surface area contributed by atoms with Gasteiger partial charge in [-0.1, -0.05) is 29.8 Å². The molecule has 0 radical (unpaired) electrons. The first-order valence-electron chi connectivity index (χ1n) is 5.23. The first kappa shape index (κ1) is 13.2. The summed E-state index contributed by atoms with van der Waals surface area (Å²) < 4.78 is 23.6. The van der Waals surface area contributed by atoms with Gasteiger partial charge in [-0.15, -0.1) is 0 Å². The van der Waals surface area contributed by atoms with Crippen LogP contribution in [0, 0.1) is 6.92 Å². The molecule has 0 aromatic heterocycles. The summed E-state index contributed by atoms with van der Waals surface area (Å²) in [6.45, 7) is 5.42. The maximum absolute atomic E-state index is 11.8. The molecule has 0 amide bonds. The molecule has 1 aromatic carbocycles. The molecule has 16 heavy (non-hydrogen) atoms. The molecule has 0 aliphatic heterocycles. The Hall–Kier alpha value is -0.870. The van der Waals surface area contributed by atoms with Gasteiger partial charge in [-0.2, -0.15) is 0 Å². The van der Waals surface area contributed by atoms with E-state index in [2.05, 4.69) is 0 Å². The van der Waals surface area contributed by atoms with E-state index in [0.29, 0.717) is 0 Å². The predicted molar refractivity (Wildman–Crippen MR) is 66.9 cm³/mol. The zero-order chi connectivity index (χ0) is 12.4. The number of rotatable bonds is 4. The van der Waals surface area contributed by atoms with Crippen molar-refractivity contribution < 1.29 is 8.42 Å². The Bertz CT molecular complexity index is 441. The average Bonchev–Trinajstić information content (AvgIpc) is 2.04. The van der Waals surface area contributed by atoms with Crippen LogP contribution in [0.1, 0.15) is 25.0 Å². The number of nitrogens with two attached hydrogens (primary N) is 1. The van der Waals surface area contributed by atoms with Gasteiger partial charge in [0.1, 0.15) is 0 Å². The molecule has 2 N–H and O–H groups in total. The SMILES string of the molecule is Cc1ccc(CS(=O)(=O)CC(C)(C)N)cc1. The zero-order valence-corrected chi connectivity index (χ0v) is 10.8. The molecule has 0 spiro atoms. The summed E-state index contributed by atoms with van der Waals surface area (Å²) in [5.74, 6) is 0.0712. The summed E-state index contributed by atoms with van der Waals surface area (Å²) >= 11 is 0. The van der Waals surface area contributed by atoms with E-state index in [1.807, 2.05) is 31.2 Å². The maximum atomic E-state index is 11.8. The van der Waals surface area contributed by atoms with Crippen LogP contribution < -0.4 is 5.73 Å². The number of hydrogen-bond donors (Lipinski definition) is 1. The Balaban J connectivity index is 2.77. The molecule has 3 nitrogen and oxygen atoms in total. The van der Waals surface area contributed by atoms with E-state index < -0.39 is 15.4 Å². The topological polar surface area (TPSA) is 60.2 Å². The first-order chi connectivity index (χ1) is 7.18. The van der Waals surface area contributed by atoms with Gasteiger partial charge < -0.3 is 5.73 Å². The molecule has 0 aliphatic carbocycles. The highest BCUT2D eigenvalue weighted by molar-refractivity contribution is 7.90. The van der Waals surface area contributed by atoms with Crippen molar-refractivity contribution in [3.8, 4) is 0 Å². The van der Waals surface area contributed by atoms with Gasteiger partial charge in [0.15, 0.2) is 9.84 Å². The van der Waals surface area contributed by atoms with E-state index in [1.165, 1.54) is 0 Å². The van der Waals surface area contributed by atoms with E-state index in [9.17, 15) is 8.42 Å². The highest BCUT2D eigenvalue weighted by Crippen LogP contribution is 2.11. The van der Waals surface area contributed by atoms with Gasteiger partial charge in [-0.05, 0) is 26.3 Å². The molecule has 0 heterocycles. The lowest BCUT2D eigenvalue weighted by Gasteiger charge is -2.18. The van der Waals surface area contributed by atoms with Crippen LogP contribution in [-0.4, -0.2) is 19.7 Å². The van der Waals surface area contributed by atoms with Crippen LogP contribution in [0.25, 0.3) is 0 Å². The summed E-state index contributed by atoms with van der Waals surface area (Å²) in [6.07, 6.45) is 0. The van der Waals surface area contributed by atoms with Gasteiger partial charge in [0.2, 0.25) is 0 Å². The Labute approximate surface area is 97.6 Å². The van der Waals surface area contributed by atoms with Crippen molar-refractivity contribution in [2.75, 3.05) is 5.75 Å². The van der Waals surface area contributed by atoms with Crippen LogP contribution >= 0.6 is 0 Å². The second kappa shape index (κ2) is 4.55. The van der Waals surface area contributed by atoms with Crippen LogP contribution in [0.2, 0.25) is 0 Å². The van der Waals surface area contributed by atoms with Crippen LogP contribution in [0.3, 0.4) is 0 Å². The van der Waals surface area contributed by atoms with Gasteiger partial charge in [0.25, 0.3) is 0 Å². The lowest BCUT2D eigenvalue weighted by Crippen LogP contribution is -2.40. The molecular formula is C12H19NO2S. The Morgan fingerprint density at radius 1 is 1.19 bits per heavy atom. The van der Waals surface area contributed by atoms with Crippen molar-refractivity contribution in [2.24, 2.45) is 5.73 Å². The van der Waals surface area contributed by atoms with Crippen molar-refractivity contribution in [3.05, 3.63) is 35.4 Å². The van der Waals surface area contributed by atoms with E-state index in [-0.39, 0.29) is 11.5 Å². The molecule has 0 atom stereocenters. The Kier molecular flexibility index (Phi) is 3.76. The minimum absolute atomic E-state index is 0.00781. The molecule has 1 aromatic rings. The van der Waals surface area contributed by atoms with E-state index in [4.69, 9.17) is 5.73 Å². The highest BCUT2D eigenvalue weighted by Gasteiger charge is 2.22. The van der Waals surface area contributed by atoms with Crippen LogP contribution in [0.15, 0.2) is 24.3 Å². The average molecular weight is 241 g/mol. The normalized spacial score (nSPS) is 12.8.